The summed E-state index contributed by atoms with van der Waals surface area (Å²) >= 11 is 0. The Morgan fingerprint density at radius 2 is 1.86 bits per heavy atom. The number of nitrogens with one attached hydrogen (secondary N) is 1. The summed E-state index contributed by atoms with van der Waals surface area (Å²) in [6, 6.07) is -0.604. The molecule has 1 heterocycles. The average molecular weight is 302 g/mol. The van der Waals surface area contributed by atoms with Crippen LogP contribution in [0.1, 0.15) is 27.7 Å². The van der Waals surface area contributed by atoms with E-state index in [9.17, 15) is 9.59 Å². The zero-order valence-electron chi connectivity index (χ0n) is 13.6. The third kappa shape index (κ3) is 5.17. The molecule has 0 radical (unpaired) electrons. The van der Waals surface area contributed by atoms with Crippen LogP contribution in [0.2, 0.25) is 0 Å². The van der Waals surface area contributed by atoms with E-state index in [4.69, 9.17) is 9.47 Å². The van der Waals surface area contributed by atoms with E-state index in [1.54, 1.807) is 18.9 Å². The second kappa shape index (κ2) is 7.09. The fourth-order valence-corrected chi connectivity index (χ4v) is 2.21. The normalized spacial score (nSPS) is 23.8. The maximum Gasteiger partial charge on any atom is 0.410 e. The number of likely N-dealkylation sites (tertiary alicyclic amines) is 1. The van der Waals surface area contributed by atoms with Crippen LogP contribution in [0.25, 0.3) is 0 Å². The first-order valence-electron chi connectivity index (χ1n) is 7.02. The van der Waals surface area contributed by atoms with Crippen molar-refractivity contribution in [3.63, 3.8) is 0 Å². The van der Waals surface area contributed by atoms with Crippen molar-refractivity contribution >= 4 is 12.1 Å². The van der Waals surface area contributed by atoms with E-state index < -0.39 is 11.6 Å². The van der Waals surface area contributed by atoms with E-state index in [0.29, 0.717) is 13.1 Å². The molecule has 1 saturated heterocycles. The highest BCUT2D eigenvalue weighted by atomic mass is 16.6. The lowest BCUT2D eigenvalue weighted by molar-refractivity contribution is -0.143. The van der Waals surface area contributed by atoms with Gasteiger partial charge in [-0.05, 0) is 27.7 Å². The molecule has 2 unspecified atom stereocenters. The monoisotopic (exact) mass is 302 g/mol. The van der Waals surface area contributed by atoms with Crippen LogP contribution in [-0.2, 0) is 19.0 Å². The van der Waals surface area contributed by atoms with Gasteiger partial charge in [0.25, 0.3) is 0 Å². The molecule has 1 N–H and O–H groups in total. The van der Waals surface area contributed by atoms with Crippen LogP contribution in [0.5, 0.6) is 0 Å². The van der Waals surface area contributed by atoms with Crippen molar-refractivity contribution in [2.24, 2.45) is 0 Å². The Kier molecular flexibility index (Phi) is 5.98. The van der Waals surface area contributed by atoms with E-state index in [1.807, 2.05) is 20.8 Å². The topological polar surface area (TPSA) is 77.1 Å². The molecule has 1 aliphatic rings. The van der Waals surface area contributed by atoms with E-state index in [1.165, 1.54) is 7.11 Å². The van der Waals surface area contributed by atoms with Crippen molar-refractivity contribution in [2.45, 2.75) is 51.5 Å². The Balaban J connectivity index is 2.63. The average Bonchev–Trinajstić information content (AvgIpc) is 2.78. The molecule has 0 aromatic carbocycles. The van der Waals surface area contributed by atoms with E-state index in [0.717, 1.165) is 0 Å². The van der Waals surface area contributed by atoms with Crippen LogP contribution in [0.15, 0.2) is 0 Å². The second-order valence-electron chi connectivity index (χ2n) is 6.18. The SMILES string of the molecule is COC(=O)C(C)NC1CN(C(=O)OC(C)(C)C)C[C@@H]1OC. The number of hydrogen-bond acceptors (Lipinski definition) is 6. The number of amides is 1. The van der Waals surface area contributed by atoms with Gasteiger partial charge in [-0.1, -0.05) is 0 Å². The number of carbonyl (C=O) groups is 2. The van der Waals surface area contributed by atoms with Gasteiger partial charge in [0.05, 0.1) is 25.8 Å². The standard InChI is InChI=1S/C14H26N2O5/c1-9(12(17)20-6)15-10-7-16(8-11(10)19-5)13(18)21-14(2,3)4/h9-11,15H,7-8H2,1-6H3/t9?,10?,11-/m0/s1. The number of rotatable bonds is 4. The zero-order valence-corrected chi connectivity index (χ0v) is 13.6. The van der Waals surface area contributed by atoms with Gasteiger partial charge in [-0.15, -0.1) is 0 Å². The highest BCUT2D eigenvalue weighted by Crippen LogP contribution is 2.18. The van der Waals surface area contributed by atoms with E-state index in [2.05, 4.69) is 10.1 Å². The lowest BCUT2D eigenvalue weighted by Gasteiger charge is -2.24. The summed E-state index contributed by atoms with van der Waals surface area (Å²) in [6.07, 6.45) is -0.566. The van der Waals surface area contributed by atoms with Crippen molar-refractivity contribution in [1.82, 2.24) is 10.2 Å². The first-order chi connectivity index (χ1) is 9.67. The van der Waals surface area contributed by atoms with Gasteiger partial charge < -0.3 is 19.1 Å². The number of carbonyl (C=O) groups excluding carboxylic acids is 2. The quantitative estimate of drug-likeness (QED) is 0.773. The molecular formula is C14H26N2O5. The Hall–Kier alpha value is -1.34. The summed E-state index contributed by atoms with van der Waals surface area (Å²) < 4.78 is 15.4. The first kappa shape index (κ1) is 17.7. The molecule has 0 aliphatic carbocycles. The summed E-state index contributed by atoms with van der Waals surface area (Å²) in [5.41, 5.74) is -0.537. The van der Waals surface area contributed by atoms with Gasteiger partial charge in [-0.3, -0.25) is 10.1 Å². The lowest BCUT2D eigenvalue weighted by atomic mass is 10.2. The molecule has 0 aromatic heterocycles. The van der Waals surface area contributed by atoms with Crippen molar-refractivity contribution < 1.29 is 23.8 Å². The zero-order chi connectivity index (χ0) is 16.2. The molecule has 1 amide bonds. The molecule has 21 heavy (non-hydrogen) atoms. The van der Waals surface area contributed by atoms with Gasteiger partial charge in [-0.25, -0.2) is 4.79 Å². The maximum atomic E-state index is 12.1. The molecular weight excluding hydrogens is 276 g/mol. The highest BCUT2D eigenvalue weighted by molar-refractivity contribution is 5.75. The Morgan fingerprint density at radius 1 is 1.24 bits per heavy atom. The van der Waals surface area contributed by atoms with Crippen molar-refractivity contribution in [2.75, 3.05) is 27.3 Å². The molecule has 0 spiro atoms. The number of methoxy groups -OCH3 is 2. The number of nitrogens with zero attached hydrogens (tertiary/aromatic N) is 1. The van der Waals surface area contributed by atoms with Gasteiger partial charge in [0.2, 0.25) is 0 Å². The minimum atomic E-state index is -0.537. The van der Waals surface area contributed by atoms with Gasteiger partial charge in [0, 0.05) is 13.7 Å². The van der Waals surface area contributed by atoms with Crippen LogP contribution in [0, 0.1) is 0 Å². The van der Waals surface area contributed by atoms with Crippen LogP contribution in [-0.4, -0.2) is 68.1 Å². The first-order valence-corrected chi connectivity index (χ1v) is 7.02. The molecule has 3 atom stereocenters. The molecule has 0 bridgehead atoms. The molecule has 0 aromatic rings. The molecule has 7 nitrogen and oxygen atoms in total. The Labute approximate surface area is 125 Å². The smallest absolute Gasteiger partial charge is 0.410 e. The summed E-state index contributed by atoms with van der Waals surface area (Å²) in [7, 11) is 2.93. The number of ether oxygens (including phenoxy) is 3. The predicted molar refractivity (Wildman–Crippen MR) is 77.0 cm³/mol. The third-order valence-corrected chi connectivity index (χ3v) is 3.24. The highest BCUT2D eigenvalue weighted by Gasteiger charge is 2.38. The Bertz CT molecular complexity index is 380. The van der Waals surface area contributed by atoms with Crippen LogP contribution >= 0.6 is 0 Å². The van der Waals surface area contributed by atoms with E-state index >= 15 is 0 Å². The minimum absolute atomic E-state index is 0.142. The summed E-state index contributed by atoms with van der Waals surface area (Å²) in [6.45, 7) is 8.04. The van der Waals surface area contributed by atoms with Crippen LogP contribution < -0.4 is 5.32 Å². The van der Waals surface area contributed by atoms with Crippen LogP contribution in [0.4, 0.5) is 4.79 Å². The minimum Gasteiger partial charge on any atom is -0.468 e. The molecule has 1 fully saturated rings. The fraction of sp³-hybridized carbons (Fsp3) is 0.857. The molecule has 7 heteroatoms. The summed E-state index contributed by atoms with van der Waals surface area (Å²) in [5, 5.41) is 3.13. The molecule has 1 aliphatic heterocycles. The van der Waals surface area contributed by atoms with Gasteiger partial charge in [0.15, 0.2) is 0 Å². The van der Waals surface area contributed by atoms with Gasteiger partial charge in [0.1, 0.15) is 11.6 Å². The summed E-state index contributed by atoms with van der Waals surface area (Å²) in [4.78, 5) is 25.1. The predicted octanol–water partition coefficient (Wildman–Crippen LogP) is 0.772. The second-order valence-corrected chi connectivity index (χ2v) is 6.18. The van der Waals surface area contributed by atoms with Gasteiger partial charge >= 0.3 is 12.1 Å². The number of esters is 1. The van der Waals surface area contributed by atoms with Gasteiger partial charge in [-0.2, -0.15) is 0 Å². The van der Waals surface area contributed by atoms with Crippen LogP contribution in [0.3, 0.4) is 0 Å². The van der Waals surface area contributed by atoms with Crippen molar-refractivity contribution in [3.05, 3.63) is 0 Å². The number of hydrogen-bond donors (Lipinski definition) is 1. The lowest BCUT2D eigenvalue weighted by Crippen LogP contribution is -2.48. The fourth-order valence-electron chi connectivity index (χ4n) is 2.21. The molecule has 122 valence electrons. The third-order valence-electron chi connectivity index (χ3n) is 3.24. The molecule has 0 saturated carbocycles. The van der Waals surface area contributed by atoms with Crippen molar-refractivity contribution in [1.29, 1.82) is 0 Å². The Morgan fingerprint density at radius 3 is 2.33 bits per heavy atom. The largest absolute Gasteiger partial charge is 0.468 e. The van der Waals surface area contributed by atoms with E-state index in [-0.39, 0.29) is 24.2 Å². The maximum absolute atomic E-state index is 12.1. The molecule has 1 rings (SSSR count). The van der Waals surface area contributed by atoms with Crippen molar-refractivity contribution in [3.8, 4) is 0 Å². The summed E-state index contributed by atoms with van der Waals surface area (Å²) in [5.74, 6) is -0.347.